The van der Waals surface area contributed by atoms with E-state index in [0.29, 0.717) is 0 Å². The minimum Gasteiger partial charge on any atom is -1.00 e. The molecule has 3 heteroatoms. The second kappa shape index (κ2) is 13.3. The first-order chi connectivity index (χ1) is 13.3. The average Bonchev–Trinajstić information content (AvgIpc) is 3.41. The van der Waals surface area contributed by atoms with Crippen molar-refractivity contribution in [2.24, 2.45) is 0 Å². The third-order valence-corrected chi connectivity index (χ3v) is 4.74. The van der Waals surface area contributed by atoms with E-state index in [2.05, 4.69) is 106 Å². The molecule has 0 atom stereocenters. The summed E-state index contributed by atoms with van der Waals surface area (Å²) in [6.07, 6.45) is 0. The third-order valence-electron chi connectivity index (χ3n) is 4.29. The van der Waals surface area contributed by atoms with Gasteiger partial charge in [0.25, 0.3) is 0 Å². The van der Waals surface area contributed by atoms with Gasteiger partial charge in [0, 0.05) is 0 Å². The molecule has 0 radical (unpaired) electrons. The van der Waals surface area contributed by atoms with Crippen LogP contribution < -0.4 is 24.8 Å². The summed E-state index contributed by atoms with van der Waals surface area (Å²) in [6, 6.07) is 39.7. The molecule has 146 valence electrons. The minimum atomic E-state index is 0. The number of hydrogen-bond acceptors (Lipinski definition) is 0. The molecule has 0 aromatic heterocycles. The Balaban J connectivity index is 0.000000231. The Morgan fingerprint density at radius 1 is 0.621 bits per heavy atom. The normalized spacial score (nSPS) is 9.21. The van der Waals surface area contributed by atoms with E-state index < -0.39 is 0 Å². The Bertz CT molecular complexity index is 1030. The molecule has 5 aromatic carbocycles. The predicted molar refractivity (Wildman–Crippen MR) is 115 cm³/mol. The van der Waals surface area contributed by atoms with Crippen LogP contribution in [0.1, 0.15) is 12.5 Å². The summed E-state index contributed by atoms with van der Waals surface area (Å²) in [4.78, 5) is 0. The van der Waals surface area contributed by atoms with Crippen molar-refractivity contribution >= 4 is 25.4 Å². The molecule has 0 N–H and O–H groups in total. The van der Waals surface area contributed by atoms with Crippen LogP contribution in [0.4, 0.5) is 0 Å². The molecule has 0 aliphatic carbocycles. The second-order valence-electron chi connectivity index (χ2n) is 6.27. The fraction of sp³-hybridized carbons (Fsp3) is 0.0385. The molecule has 0 saturated carbocycles. The Morgan fingerprint density at radius 2 is 1.07 bits per heavy atom. The zero-order valence-electron chi connectivity index (χ0n) is 16.2. The second-order valence-corrected chi connectivity index (χ2v) is 7.44. The van der Waals surface area contributed by atoms with Crippen molar-refractivity contribution in [3.8, 4) is 0 Å². The Morgan fingerprint density at radius 3 is 1.45 bits per heavy atom. The van der Waals surface area contributed by atoms with Crippen LogP contribution in [0.15, 0.2) is 115 Å². The van der Waals surface area contributed by atoms with Crippen LogP contribution in [0.25, 0.3) is 21.5 Å². The summed E-state index contributed by atoms with van der Waals surface area (Å²) in [7, 11) is 0. The number of benzene rings is 3. The first-order valence-electron chi connectivity index (χ1n) is 9.06. The van der Waals surface area contributed by atoms with E-state index in [9.17, 15) is 0 Å². The van der Waals surface area contributed by atoms with Crippen molar-refractivity contribution in [1.29, 1.82) is 0 Å². The molecule has 5 rings (SSSR count). The summed E-state index contributed by atoms with van der Waals surface area (Å²) in [5.41, 5.74) is 1.33. The molecule has 0 spiro atoms. The summed E-state index contributed by atoms with van der Waals surface area (Å²) >= 11 is 2.12. The smallest absolute Gasteiger partial charge is 0.0771 e. The van der Waals surface area contributed by atoms with Gasteiger partial charge < -0.3 is 24.8 Å². The number of hydrogen-bond donors (Lipinski definition) is 0. The van der Waals surface area contributed by atoms with Crippen LogP contribution in [0.2, 0.25) is 0 Å². The maximum Gasteiger partial charge on any atom is -0.0771 e. The monoisotopic (exact) mass is 452 g/mol. The zero-order valence-corrected chi connectivity index (χ0v) is 19.3. The Hall–Kier alpha value is -1.96. The summed E-state index contributed by atoms with van der Waals surface area (Å²) in [6.45, 7) is 2.12. The van der Waals surface area contributed by atoms with E-state index in [1.54, 1.807) is 0 Å². The maximum absolute atomic E-state index is 2.24. The molecular formula is C26H22Cl2Ti-2. The first-order valence-corrected chi connectivity index (χ1v) is 9.84. The van der Waals surface area contributed by atoms with Crippen LogP contribution in [-0.4, -0.2) is 3.81 Å². The van der Waals surface area contributed by atoms with E-state index in [4.69, 9.17) is 0 Å². The van der Waals surface area contributed by atoms with Crippen molar-refractivity contribution in [2.75, 3.05) is 0 Å². The predicted octanol–water partition coefficient (Wildman–Crippen LogP) is 0.899. The summed E-state index contributed by atoms with van der Waals surface area (Å²) in [5.74, 6) is 0. The van der Waals surface area contributed by atoms with Gasteiger partial charge in [-0.15, -0.1) is 39.7 Å². The van der Waals surface area contributed by atoms with Crippen molar-refractivity contribution in [1.82, 2.24) is 0 Å². The van der Waals surface area contributed by atoms with Gasteiger partial charge in [0.1, 0.15) is 0 Å². The number of halogens is 2. The Kier molecular flexibility index (Phi) is 11.5. The van der Waals surface area contributed by atoms with Gasteiger partial charge in [-0.1, -0.05) is 36.4 Å². The maximum atomic E-state index is 2.24. The summed E-state index contributed by atoms with van der Waals surface area (Å²) in [5, 5.41) is 5.39. The van der Waals surface area contributed by atoms with Crippen molar-refractivity contribution in [2.45, 2.75) is 6.92 Å². The van der Waals surface area contributed by atoms with Crippen molar-refractivity contribution < 1.29 is 44.8 Å². The quantitative estimate of drug-likeness (QED) is 0.262. The molecule has 0 nitrogen and oxygen atoms in total. The van der Waals surface area contributed by atoms with Gasteiger partial charge in [-0.25, -0.2) is 12.1 Å². The Labute approximate surface area is 197 Å². The molecule has 0 aliphatic rings. The standard InChI is InChI=1S/C13H9.C8H8.C5H5.2ClH.Ti/c1-3-7-12-10(5-1)9-11-6-2-4-8-13(11)12;1-2-8-6-4-3-5-7-8;1-2-4-5-3-1;;;/h1-9H;3-7H,1H3;1-5H;2*1H;/q-1;;-1;;;+2/p-2. The SMILES string of the molecule is C[C](=[Ti+2])c1ccccc1.[Cl-].[Cl-].c1cc[cH-]c1.c1ccc2c(c1)[cH-]c1ccccc12. The molecule has 5 aromatic rings. The van der Waals surface area contributed by atoms with E-state index in [-0.39, 0.29) is 24.8 Å². The fourth-order valence-corrected chi connectivity index (χ4v) is 3.17. The van der Waals surface area contributed by atoms with E-state index in [1.807, 2.05) is 36.4 Å². The van der Waals surface area contributed by atoms with Crippen molar-refractivity contribution in [3.63, 3.8) is 0 Å². The van der Waals surface area contributed by atoms with Gasteiger partial charge in [-0.2, -0.15) is 18.2 Å². The van der Waals surface area contributed by atoms with Crippen molar-refractivity contribution in [3.05, 3.63) is 121 Å². The van der Waals surface area contributed by atoms with Crippen LogP contribution in [0, 0.1) is 0 Å². The number of fused-ring (bicyclic) bond motifs is 3. The average molecular weight is 453 g/mol. The molecule has 0 saturated heterocycles. The van der Waals surface area contributed by atoms with Gasteiger partial charge in [0.05, 0.1) is 0 Å². The van der Waals surface area contributed by atoms with Crippen LogP contribution in [-0.2, 0) is 20.0 Å². The molecule has 0 unspecified atom stereocenters. The van der Waals surface area contributed by atoms with E-state index in [1.165, 1.54) is 30.9 Å². The molecular weight excluding hydrogens is 431 g/mol. The van der Waals surface area contributed by atoms with Gasteiger partial charge in [-0.3, -0.25) is 0 Å². The molecule has 0 amide bonds. The van der Waals surface area contributed by atoms with Gasteiger partial charge in [-0.05, 0) is 0 Å². The molecule has 29 heavy (non-hydrogen) atoms. The van der Waals surface area contributed by atoms with Crippen LogP contribution in [0.3, 0.4) is 0 Å². The van der Waals surface area contributed by atoms with Crippen LogP contribution in [0.5, 0.6) is 0 Å². The molecule has 0 fully saturated rings. The fourth-order valence-electron chi connectivity index (χ4n) is 2.91. The largest absolute Gasteiger partial charge is 1.00 e. The van der Waals surface area contributed by atoms with Crippen LogP contribution >= 0.6 is 0 Å². The van der Waals surface area contributed by atoms with Gasteiger partial charge in [0.15, 0.2) is 0 Å². The van der Waals surface area contributed by atoms with E-state index in [0.717, 1.165) is 0 Å². The zero-order chi connectivity index (χ0) is 18.9. The summed E-state index contributed by atoms with van der Waals surface area (Å²) < 4.78 is 1.37. The molecule has 0 heterocycles. The minimum absolute atomic E-state index is 0. The number of rotatable bonds is 1. The molecule has 0 bridgehead atoms. The first kappa shape index (κ1) is 25.1. The van der Waals surface area contributed by atoms with Gasteiger partial charge >= 0.3 is 66.6 Å². The van der Waals surface area contributed by atoms with Gasteiger partial charge in [0.2, 0.25) is 0 Å². The third kappa shape index (κ3) is 7.42. The van der Waals surface area contributed by atoms with E-state index >= 15 is 0 Å². The molecule has 0 aliphatic heterocycles. The topological polar surface area (TPSA) is 0 Å².